The van der Waals surface area contributed by atoms with Crippen molar-refractivity contribution in [3.8, 4) is 0 Å². The van der Waals surface area contributed by atoms with E-state index < -0.39 is 62.9 Å². The zero-order chi connectivity index (χ0) is 29.3. The molecule has 1 saturated heterocycles. The Labute approximate surface area is 269 Å². The summed E-state index contributed by atoms with van der Waals surface area (Å²) in [6.07, 6.45) is 21.3. The summed E-state index contributed by atoms with van der Waals surface area (Å²) in [7, 11) is -4.91. The summed E-state index contributed by atoms with van der Waals surface area (Å²) < 4.78 is 51.6. The molecule has 0 aromatic heterocycles. The average Bonchev–Trinajstić information content (AvgIpc) is 3.27. The molecule has 0 aromatic carbocycles. The van der Waals surface area contributed by atoms with Crippen LogP contribution in [0.1, 0.15) is 157 Å². The molecular formula is C30H56O4S3Sn2. The minimum atomic E-state index is -2.45. The van der Waals surface area contributed by atoms with E-state index in [1.165, 1.54) is 77.0 Å². The van der Waals surface area contributed by atoms with Gasteiger partial charge in [0, 0.05) is 0 Å². The van der Waals surface area contributed by atoms with Gasteiger partial charge in [-0.1, -0.05) is 0 Å². The summed E-state index contributed by atoms with van der Waals surface area (Å²) in [5.41, 5.74) is 0. The summed E-state index contributed by atoms with van der Waals surface area (Å²) in [4.78, 5) is 0.630. The molecule has 2 atom stereocenters. The average molecular weight is 814 g/mol. The molecular weight excluding hydrogens is 758 g/mol. The zero-order valence-electron chi connectivity index (χ0n) is 25.7. The van der Waals surface area contributed by atoms with E-state index in [0.717, 1.165) is 38.5 Å². The molecule has 4 nitrogen and oxygen atoms in total. The minimum absolute atomic E-state index is 0.0440. The summed E-state index contributed by atoms with van der Waals surface area (Å²) >= 11 is -0.704. The second kappa shape index (κ2) is 21.1. The SMILES string of the molecule is CCCC[C](CCCC)(CCCC)[Sn][CH]1S[CH]([Sn][C](CCCC)(CCCC)CCCC)C(=S(=O)=O)C1=S(=O)=O. The molecule has 9 heteroatoms. The zero-order valence-corrected chi connectivity index (χ0v) is 33.9. The predicted molar refractivity (Wildman–Crippen MR) is 177 cm³/mol. The molecule has 0 amide bonds. The van der Waals surface area contributed by atoms with Crippen molar-refractivity contribution in [2.45, 2.75) is 171 Å². The third-order valence-corrected chi connectivity index (χ3v) is 27.4. The summed E-state index contributed by atoms with van der Waals surface area (Å²) in [5.74, 6) is 0. The van der Waals surface area contributed by atoms with Crippen LogP contribution < -0.4 is 0 Å². The van der Waals surface area contributed by atoms with Gasteiger partial charge in [0.1, 0.15) is 0 Å². The van der Waals surface area contributed by atoms with Crippen LogP contribution >= 0.6 is 11.8 Å². The molecule has 4 radical (unpaired) electrons. The van der Waals surface area contributed by atoms with E-state index in [4.69, 9.17) is 0 Å². The Morgan fingerprint density at radius 2 is 0.744 bits per heavy atom. The van der Waals surface area contributed by atoms with E-state index in [0.29, 0.717) is 9.73 Å². The molecule has 0 aliphatic carbocycles. The molecule has 1 heterocycles. The molecule has 0 saturated carbocycles. The van der Waals surface area contributed by atoms with Gasteiger partial charge in [0.15, 0.2) is 0 Å². The van der Waals surface area contributed by atoms with E-state index in [-0.39, 0.29) is 13.4 Å². The van der Waals surface area contributed by atoms with Crippen molar-refractivity contribution in [2.24, 2.45) is 0 Å². The van der Waals surface area contributed by atoms with Crippen molar-refractivity contribution in [3.05, 3.63) is 0 Å². The van der Waals surface area contributed by atoms with Crippen LogP contribution in [-0.2, 0) is 20.6 Å². The van der Waals surface area contributed by atoms with Gasteiger partial charge in [-0.15, -0.1) is 0 Å². The van der Waals surface area contributed by atoms with Gasteiger partial charge in [-0.2, -0.15) is 0 Å². The number of rotatable bonds is 22. The third kappa shape index (κ3) is 12.8. The Bertz CT molecular complexity index is 839. The predicted octanol–water partition coefficient (Wildman–Crippen LogP) is 8.36. The molecule has 0 spiro atoms. The molecule has 1 aliphatic heterocycles. The van der Waals surface area contributed by atoms with Crippen LogP contribution in [0.25, 0.3) is 0 Å². The van der Waals surface area contributed by atoms with Gasteiger partial charge < -0.3 is 0 Å². The van der Waals surface area contributed by atoms with Crippen LogP contribution in [0.2, 0.25) is 6.86 Å². The topological polar surface area (TPSA) is 68.3 Å². The summed E-state index contributed by atoms with van der Waals surface area (Å²) in [6, 6.07) is 0. The molecule has 39 heavy (non-hydrogen) atoms. The Morgan fingerprint density at radius 3 is 0.923 bits per heavy atom. The van der Waals surface area contributed by atoms with Crippen LogP contribution in [0.4, 0.5) is 0 Å². The Hall–Kier alpha value is 1.33. The first kappa shape index (κ1) is 38.4. The van der Waals surface area contributed by atoms with Crippen LogP contribution in [0, 0.1) is 0 Å². The standard InChI is InChI=1S/2C13H27.C4H2O4S3.2Sn/c2*1-4-7-10-13(11-8-5-2)12-9-6-3;5-10(6)3-1-9-2-4(3)11(7)8;;/h2*4-12H2,1-3H3;1-2H;;. The van der Waals surface area contributed by atoms with Gasteiger partial charge in [0.25, 0.3) is 0 Å². The number of hydrogen-bond acceptors (Lipinski definition) is 5. The molecule has 1 rings (SSSR count). The van der Waals surface area contributed by atoms with Gasteiger partial charge in [-0.05, 0) is 0 Å². The van der Waals surface area contributed by atoms with Gasteiger partial charge in [-0.3, -0.25) is 0 Å². The van der Waals surface area contributed by atoms with Crippen LogP contribution in [0.15, 0.2) is 0 Å². The van der Waals surface area contributed by atoms with Crippen molar-refractivity contribution < 1.29 is 16.8 Å². The van der Waals surface area contributed by atoms with E-state index in [2.05, 4.69) is 41.5 Å². The Balaban J connectivity index is 3.57. The van der Waals surface area contributed by atoms with Gasteiger partial charge in [0.05, 0.1) is 0 Å². The van der Waals surface area contributed by atoms with E-state index in [1.54, 1.807) is 0 Å². The number of unbranched alkanes of at least 4 members (excludes halogenated alkanes) is 6. The van der Waals surface area contributed by atoms with Crippen LogP contribution in [-0.4, -0.2) is 75.4 Å². The number of thioether (sulfide) groups is 1. The molecule has 226 valence electrons. The number of hydrogen-bond donors (Lipinski definition) is 0. The first-order valence-corrected chi connectivity index (χ1v) is 25.1. The normalized spacial score (nSPS) is 18.2. The summed E-state index contributed by atoms with van der Waals surface area (Å²) in [5, 5.41) is 0. The quantitative estimate of drug-likeness (QED) is 0.0813. The van der Waals surface area contributed by atoms with Gasteiger partial charge >= 0.3 is 272 Å². The monoisotopic (exact) mass is 816 g/mol. The maximum absolute atomic E-state index is 12.8. The van der Waals surface area contributed by atoms with Gasteiger partial charge in [-0.25, -0.2) is 0 Å². The Kier molecular flexibility index (Phi) is 20.7. The first-order valence-electron chi connectivity index (χ1n) is 15.8. The van der Waals surface area contributed by atoms with Crippen molar-refractivity contribution in [3.63, 3.8) is 0 Å². The van der Waals surface area contributed by atoms with Gasteiger partial charge in [0.2, 0.25) is 0 Å². The molecule has 0 bridgehead atoms. The van der Waals surface area contributed by atoms with Crippen molar-refractivity contribution >= 4 is 84.4 Å². The fourth-order valence-corrected chi connectivity index (χ4v) is 32.6. The second-order valence-corrected chi connectivity index (χ2v) is 28.0. The van der Waals surface area contributed by atoms with Crippen molar-refractivity contribution in [2.75, 3.05) is 0 Å². The molecule has 0 N–H and O–H groups in total. The third-order valence-electron chi connectivity index (χ3n) is 8.28. The fourth-order valence-electron chi connectivity index (χ4n) is 5.89. The van der Waals surface area contributed by atoms with E-state index in [9.17, 15) is 16.8 Å². The second-order valence-electron chi connectivity index (χ2n) is 11.6. The van der Waals surface area contributed by atoms with E-state index in [1.807, 2.05) is 11.8 Å². The van der Waals surface area contributed by atoms with Crippen LogP contribution in [0.3, 0.4) is 0 Å². The molecule has 0 aromatic rings. The fraction of sp³-hybridized carbons (Fsp3) is 0.933. The van der Waals surface area contributed by atoms with Crippen LogP contribution in [0.5, 0.6) is 0 Å². The van der Waals surface area contributed by atoms with Crippen molar-refractivity contribution in [1.29, 1.82) is 0 Å². The van der Waals surface area contributed by atoms with Crippen molar-refractivity contribution in [1.82, 2.24) is 0 Å². The molecule has 1 aliphatic rings. The first-order chi connectivity index (χ1) is 18.7. The van der Waals surface area contributed by atoms with E-state index >= 15 is 0 Å². The maximum atomic E-state index is 12.8. The molecule has 1 fully saturated rings. The molecule has 2 unspecified atom stereocenters. The Morgan fingerprint density at radius 1 is 0.513 bits per heavy atom. The summed E-state index contributed by atoms with van der Waals surface area (Å²) in [6.45, 7) is 13.5.